The predicted octanol–water partition coefficient (Wildman–Crippen LogP) is 2.66. The van der Waals surface area contributed by atoms with Crippen molar-refractivity contribution in [2.75, 3.05) is 6.54 Å². The Kier molecular flexibility index (Phi) is 4.76. The molecule has 4 heteroatoms. The molecule has 1 heterocycles. The van der Waals surface area contributed by atoms with Crippen molar-refractivity contribution in [1.82, 2.24) is 4.90 Å². The maximum absolute atomic E-state index is 13.0. The Labute approximate surface area is 120 Å². The normalized spacial score (nSPS) is 23.9. The largest absolute Gasteiger partial charge is 0.338 e. The summed E-state index contributed by atoms with van der Waals surface area (Å²) in [6.45, 7) is 4.77. The highest BCUT2D eigenvalue weighted by molar-refractivity contribution is 5.82. The highest BCUT2D eigenvalue weighted by Crippen LogP contribution is 2.32. The molecule has 0 spiro atoms. The molecule has 0 aliphatic carbocycles. The van der Waals surface area contributed by atoms with Crippen molar-refractivity contribution >= 4 is 5.91 Å². The third kappa shape index (κ3) is 3.18. The van der Waals surface area contributed by atoms with Crippen LogP contribution in [-0.4, -0.2) is 29.4 Å². The van der Waals surface area contributed by atoms with E-state index in [2.05, 4.69) is 6.92 Å². The molecule has 3 atom stereocenters. The molecule has 1 fully saturated rings. The van der Waals surface area contributed by atoms with Gasteiger partial charge in [0.25, 0.3) is 0 Å². The second-order valence-corrected chi connectivity index (χ2v) is 5.72. The fourth-order valence-corrected chi connectivity index (χ4v) is 2.96. The molecule has 3 unspecified atom stereocenters. The summed E-state index contributed by atoms with van der Waals surface area (Å²) in [5.41, 5.74) is 7.03. The van der Waals surface area contributed by atoms with Crippen LogP contribution in [0.25, 0.3) is 0 Å². The van der Waals surface area contributed by atoms with Gasteiger partial charge >= 0.3 is 0 Å². The number of likely N-dealkylation sites (tertiary alicyclic amines) is 1. The average Bonchev–Trinajstić information content (AvgIpc) is 2.81. The molecule has 1 aliphatic rings. The maximum atomic E-state index is 13.0. The lowest BCUT2D eigenvalue weighted by molar-refractivity contribution is -0.133. The first-order chi connectivity index (χ1) is 9.52. The second-order valence-electron chi connectivity index (χ2n) is 5.72. The molecule has 1 saturated heterocycles. The number of hydrogen-bond donors (Lipinski definition) is 1. The van der Waals surface area contributed by atoms with Crippen LogP contribution >= 0.6 is 0 Å². The monoisotopic (exact) mass is 278 g/mol. The number of nitrogens with two attached hydrogens (primary N) is 1. The summed E-state index contributed by atoms with van der Waals surface area (Å²) < 4.78 is 13.0. The minimum Gasteiger partial charge on any atom is -0.338 e. The first-order valence-electron chi connectivity index (χ1n) is 7.34. The van der Waals surface area contributed by atoms with Crippen LogP contribution in [0.15, 0.2) is 24.3 Å². The van der Waals surface area contributed by atoms with E-state index >= 15 is 0 Å². The quantitative estimate of drug-likeness (QED) is 0.920. The summed E-state index contributed by atoms with van der Waals surface area (Å²) in [7, 11) is 0. The minimum atomic E-state index is -0.394. The first-order valence-corrected chi connectivity index (χ1v) is 7.34. The second kappa shape index (κ2) is 6.35. The Morgan fingerprint density at radius 1 is 1.45 bits per heavy atom. The van der Waals surface area contributed by atoms with Crippen molar-refractivity contribution in [2.24, 2.45) is 5.73 Å². The number of hydrogen-bond acceptors (Lipinski definition) is 2. The van der Waals surface area contributed by atoms with Crippen LogP contribution in [0, 0.1) is 5.82 Å². The van der Waals surface area contributed by atoms with Crippen LogP contribution in [-0.2, 0) is 4.79 Å². The molecule has 110 valence electrons. The summed E-state index contributed by atoms with van der Waals surface area (Å²) in [6.07, 6.45) is 2.55. The molecule has 1 aromatic rings. The van der Waals surface area contributed by atoms with E-state index in [1.165, 1.54) is 12.1 Å². The first kappa shape index (κ1) is 15.0. The van der Waals surface area contributed by atoms with E-state index in [1.807, 2.05) is 24.0 Å². The molecule has 2 N–H and O–H groups in total. The van der Waals surface area contributed by atoms with Gasteiger partial charge in [-0.15, -0.1) is 0 Å². The Hall–Kier alpha value is -1.42. The number of benzene rings is 1. The van der Waals surface area contributed by atoms with Crippen molar-refractivity contribution in [2.45, 2.75) is 51.1 Å². The zero-order valence-corrected chi connectivity index (χ0v) is 12.2. The van der Waals surface area contributed by atoms with Crippen molar-refractivity contribution in [3.63, 3.8) is 0 Å². The Morgan fingerprint density at radius 3 is 2.70 bits per heavy atom. The van der Waals surface area contributed by atoms with E-state index in [0.29, 0.717) is 6.54 Å². The lowest BCUT2D eigenvalue weighted by Crippen LogP contribution is -2.45. The van der Waals surface area contributed by atoms with Gasteiger partial charge in [-0.1, -0.05) is 25.5 Å². The fraction of sp³-hybridized carbons (Fsp3) is 0.562. The van der Waals surface area contributed by atoms with E-state index in [-0.39, 0.29) is 23.7 Å². The Balaban J connectivity index is 2.05. The van der Waals surface area contributed by atoms with Crippen molar-refractivity contribution < 1.29 is 9.18 Å². The predicted molar refractivity (Wildman–Crippen MR) is 77.8 cm³/mol. The summed E-state index contributed by atoms with van der Waals surface area (Å²) in [5, 5.41) is 0. The van der Waals surface area contributed by atoms with Crippen molar-refractivity contribution in [1.29, 1.82) is 0 Å². The van der Waals surface area contributed by atoms with Gasteiger partial charge in [0.2, 0.25) is 5.91 Å². The zero-order chi connectivity index (χ0) is 14.7. The van der Waals surface area contributed by atoms with Gasteiger partial charge < -0.3 is 10.6 Å². The van der Waals surface area contributed by atoms with E-state index in [4.69, 9.17) is 5.73 Å². The summed E-state index contributed by atoms with van der Waals surface area (Å²) >= 11 is 0. The smallest absolute Gasteiger partial charge is 0.239 e. The highest BCUT2D eigenvalue weighted by Gasteiger charge is 2.34. The van der Waals surface area contributed by atoms with E-state index in [9.17, 15) is 9.18 Å². The highest BCUT2D eigenvalue weighted by atomic mass is 19.1. The zero-order valence-electron chi connectivity index (χ0n) is 12.2. The Bertz CT molecular complexity index is 460. The Morgan fingerprint density at radius 2 is 2.10 bits per heavy atom. The topological polar surface area (TPSA) is 46.3 Å². The van der Waals surface area contributed by atoms with E-state index in [0.717, 1.165) is 24.8 Å². The molecule has 2 rings (SSSR count). The van der Waals surface area contributed by atoms with Gasteiger partial charge in [-0.2, -0.15) is 0 Å². The molecule has 0 radical (unpaired) electrons. The lowest BCUT2D eigenvalue weighted by atomic mass is 9.97. The van der Waals surface area contributed by atoms with Gasteiger partial charge in [0, 0.05) is 18.5 Å². The van der Waals surface area contributed by atoms with Gasteiger partial charge in [-0.3, -0.25) is 4.79 Å². The van der Waals surface area contributed by atoms with Crippen LogP contribution in [0.1, 0.15) is 44.6 Å². The summed E-state index contributed by atoms with van der Waals surface area (Å²) in [5.74, 6) is 0.102. The maximum Gasteiger partial charge on any atom is 0.239 e. The molecule has 0 aromatic heterocycles. The number of halogens is 1. The molecular weight excluding hydrogens is 255 g/mol. The minimum absolute atomic E-state index is 0.0453. The lowest BCUT2D eigenvalue weighted by Gasteiger charge is -2.24. The molecule has 1 aromatic carbocycles. The standard InChI is InChI=1S/C16H23FN2O/c1-3-4-15(18)16(20)19-10-13(9-11(19)2)12-5-7-14(17)8-6-12/h5-8,11,13,15H,3-4,9-10,18H2,1-2H3. The molecule has 20 heavy (non-hydrogen) atoms. The van der Waals surface area contributed by atoms with Crippen molar-refractivity contribution in [3.8, 4) is 0 Å². The summed E-state index contributed by atoms with van der Waals surface area (Å²) in [4.78, 5) is 14.2. The SMILES string of the molecule is CCCC(N)C(=O)N1CC(c2ccc(F)cc2)CC1C. The number of rotatable bonds is 4. The van der Waals surface area contributed by atoms with Crippen LogP contribution in [0.4, 0.5) is 4.39 Å². The summed E-state index contributed by atoms with van der Waals surface area (Å²) in [6, 6.07) is 6.38. The molecule has 1 aliphatic heterocycles. The van der Waals surface area contributed by atoms with Crippen LogP contribution in [0.3, 0.4) is 0 Å². The average molecular weight is 278 g/mol. The molecule has 0 bridgehead atoms. The van der Waals surface area contributed by atoms with Gasteiger partial charge in [-0.05, 0) is 37.5 Å². The third-order valence-corrected chi connectivity index (χ3v) is 4.12. The van der Waals surface area contributed by atoms with Gasteiger partial charge in [0.15, 0.2) is 0 Å². The third-order valence-electron chi connectivity index (χ3n) is 4.12. The van der Waals surface area contributed by atoms with Crippen LogP contribution in [0.5, 0.6) is 0 Å². The molecule has 1 amide bonds. The van der Waals surface area contributed by atoms with Crippen molar-refractivity contribution in [3.05, 3.63) is 35.6 Å². The number of amides is 1. The van der Waals surface area contributed by atoms with Gasteiger partial charge in [0.1, 0.15) is 5.82 Å². The molecule has 3 nitrogen and oxygen atoms in total. The van der Waals surface area contributed by atoms with Crippen LogP contribution in [0.2, 0.25) is 0 Å². The van der Waals surface area contributed by atoms with E-state index in [1.54, 1.807) is 0 Å². The molecular formula is C16H23FN2O. The van der Waals surface area contributed by atoms with Gasteiger partial charge in [0.05, 0.1) is 6.04 Å². The van der Waals surface area contributed by atoms with Gasteiger partial charge in [-0.25, -0.2) is 4.39 Å². The fourth-order valence-electron chi connectivity index (χ4n) is 2.96. The van der Waals surface area contributed by atoms with E-state index < -0.39 is 6.04 Å². The number of carbonyl (C=O) groups excluding carboxylic acids is 1. The molecule has 0 saturated carbocycles. The van der Waals surface area contributed by atoms with Crippen LogP contribution < -0.4 is 5.73 Å². The number of nitrogens with zero attached hydrogens (tertiary/aromatic N) is 1. The number of carbonyl (C=O) groups is 1.